The quantitative estimate of drug-likeness (QED) is 0.495. The summed E-state index contributed by atoms with van der Waals surface area (Å²) in [4.78, 5) is 14.8. The van der Waals surface area contributed by atoms with E-state index in [1.807, 2.05) is 10.3 Å². The van der Waals surface area contributed by atoms with Gasteiger partial charge in [-0.1, -0.05) is 0 Å². The van der Waals surface area contributed by atoms with Crippen molar-refractivity contribution in [3.63, 3.8) is 0 Å². The lowest BCUT2D eigenvalue weighted by atomic mass is 9.75. The summed E-state index contributed by atoms with van der Waals surface area (Å²) in [6.45, 7) is 1.92. The Hall–Kier alpha value is -1.69. The van der Waals surface area contributed by atoms with Gasteiger partial charge in [0, 0.05) is 18.8 Å². The van der Waals surface area contributed by atoms with Crippen LogP contribution in [0.25, 0.3) is 0 Å². The highest BCUT2D eigenvalue weighted by Crippen LogP contribution is 2.30. The summed E-state index contributed by atoms with van der Waals surface area (Å²) in [5.41, 5.74) is -0.641. The molecule has 3 aliphatic rings. The summed E-state index contributed by atoms with van der Waals surface area (Å²) in [6, 6.07) is 2.87. The molecule has 3 saturated heterocycles. The third-order valence-corrected chi connectivity index (χ3v) is 6.34. The van der Waals surface area contributed by atoms with E-state index in [2.05, 4.69) is 0 Å². The van der Waals surface area contributed by atoms with Crippen molar-refractivity contribution in [3.8, 4) is 0 Å². The maximum Gasteiger partial charge on any atom is 0.416 e. The molecule has 0 saturated carbocycles. The maximum atomic E-state index is 12.5. The summed E-state index contributed by atoms with van der Waals surface area (Å²) in [5, 5.41) is 10.6. The molecule has 0 aromatic heterocycles. The highest BCUT2D eigenvalue weighted by Gasteiger charge is 2.53. The first-order valence-electron chi connectivity index (χ1n) is 8.08. The van der Waals surface area contributed by atoms with E-state index in [1.165, 1.54) is 0 Å². The smallest absolute Gasteiger partial charge is 0.375 e. The number of hydrogen-bond acceptors (Lipinski definition) is 4. The molecule has 0 spiro atoms. The van der Waals surface area contributed by atoms with Gasteiger partial charge in [-0.25, -0.2) is 8.42 Å². The molecule has 0 unspecified atom stereocenters. The molecule has 0 aliphatic carbocycles. The van der Waals surface area contributed by atoms with Crippen molar-refractivity contribution in [2.24, 2.45) is 5.92 Å². The predicted octanol–water partition coefficient (Wildman–Crippen LogP) is -0.945. The highest BCUT2D eigenvalue weighted by atomic mass is 32.2. The Morgan fingerprint density at radius 2 is 1.77 bits per heavy atom. The lowest BCUT2D eigenvalue weighted by Crippen LogP contribution is -3.18. The zero-order valence-corrected chi connectivity index (χ0v) is 14.5. The number of quaternary nitrogens is 1. The van der Waals surface area contributed by atoms with Crippen LogP contribution in [0.1, 0.15) is 18.4 Å². The van der Waals surface area contributed by atoms with Crippen LogP contribution in [0.5, 0.6) is 0 Å². The van der Waals surface area contributed by atoms with Crippen molar-refractivity contribution in [2.75, 3.05) is 19.6 Å². The van der Waals surface area contributed by atoms with Crippen LogP contribution in [-0.2, 0) is 21.0 Å². The molecule has 3 fully saturated rings. The summed E-state index contributed by atoms with van der Waals surface area (Å²) in [6.07, 6.45) is -3.24. The molecule has 11 heteroatoms. The van der Waals surface area contributed by atoms with Gasteiger partial charge < -0.3 is 10.0 Å². The van der Waals surface area contributed by atoms with E-state index in [4.69, 9.17) is 0 Å². The molecule has 0 radical (unpaired) electrons. The number of halogens is 3. The molecule has 2 bridgehead atoms. The number of nitrogens with one attached hydrogen (secondary N) is 3. The van der Waals surface area contributed by atoms with Gasteiger partial charge in [0.05, 0.1) is 23.5 Å². The van der Waals surface area contributed by atoms with Crippen LogP contribution >= 0.6 is 0 Å². The number of aliphatic hydroxyl groups is 1. The third kappa shape index (κ3) is 3.56. The van der Waals surface area contributed by atoms with Crippen LogP contribution < -0.4 is 15.2 Å². The molecular weight excluding hydrogens is 375 g/mol. The summed E-state index contributed by atoms with van der Waals surface area (Å²) < 4.78 is 61.9. The number of hydrogen-bond donors (Lipinski definition) is 4. The van der Waals surface area contributed by atoms with Gasteiger partial charge in [0.15, 0.2) is 5.60 Å². The van der Waals surface area contributed by atoms with Crippen molar-refractivity contribution in [2.45, 2.75) is 29.5 Å². The minimum Gasteiger partial charge on any atom is -0.375 e. The van der Waals surface area contributed by atoms with E-state index in [-0.39, 0.29) is 12.5 Å². The summed E-state index contributed by atoms with van der Waals surface area (Å²) in [7, 11) is -4.26. The van der Waals surface area contributed by atoms with Crippen LogP contribution in [-0.4, -0.2) is 44.7 Å². The molecule has 3 aliphatic heterocycles. The number of carbonyl (C=O) groups excluding carboxylic acids is 1. The van der Waals surface area contributed by atoms with Gasteiger partial charge in [-0.3, -0.25) is 10.2 Å². The van der Waals surface area contributed by atoms with Crippen molar-refractivity contribution < 1.29 is 36.4 Å². The first kappa shape index (κ1) is 19.1. The molecule has 7 nitrogen and oxygen atoms in total. The van der Waals surface area contributed by atoms with Gasteiger partial charge in [0.2, 0.25) is 0 Å². The summed E-state index contributed by atoms with van der Waals surface area (Å²) in [5.74, 6) is -1.09. The molecule has 1 aromatic carbocycles. The van der Waals surface area contributed by atoms with E-state index in [9.17, 15) is 31.5 Å². The Morgan fingerprint density at radius 1 is 1.19 bits per heavy atom. The second-order valence-electron chi connectivity index (χ2n) is 6.71. The molecule has 4 N–H and O–H groups in total. The minimum atomic E-state index is -4.58. The topological polar surface area (TPSA) is 99.9 Å². The second kappa shape index (κ2) is 6.48. The number of benzene rings is 1. The minimum absolute atomic E-state index is 0.200. The lowest BCUT2D eigenvalue weighted by Gasteiger charge is -2.46. The number of rotatable bonds is 4. The number of amides is 1. The lowest BCUT2D eigenvalue weighted by molar-refractivity contribution is -0.923. The van der Waals surface area contributed by atoms with E-state index >= 15 is 0 Å². The number of piperidine rings is 3. The van der Waals surface area contributed by atoms with Crippen LogP contribution in [0.2, 0.25) is 0 Å². The van der Waals surface area contributed by atoms with Gasteiger partial charge in [0.1, 0.15) is 6.54 Å². The molecular formula is C15H19F3N3O4S+. The Balaban J connectivity index is 1.67. The molecule has 1 atom stereocenters. The van der Waals surface area contributed by atoms with Crippen LogP contribution in [0.3, 0.4) is 0 Å². The van der Waals surface area contributed by atoms with E-state index in [0.29, 0.717) is 25.0 Å². The first-order chi connectivity index (χ1) is 12.0. The van der Waals surface area contributed by atoms with Crippen molar-refractivity contribution >= 4 is 15.9 Å². The normalized spacial score (nSPS) is 28.8. The molecule has 1 aromatic rings. The average Bonchev–Trinajstić information content (AvgIpc) is 2.60. The van der Waals surface area contributed by atoms with Gasteiger partial charge in [-0.05, 0) is 24.3 Å². The third-order valence-electron chi connectivity index (χ3n) is 5.07. The van der Waals surface area contributed by atoms with Gasteiger partial charge >= 0.3 is 6.18 Å². The van der Waals surface area contributed by atoms with Crippen LogP contribution in [0, 0.1) is 5.92 Å². The Kier molecular flexibility index (Phi) is 4.76. The van der Waals surface area contributed by atoms with Gasteiger partial charge in [-0.15, -0.1) is 4.83 Å². The van der Waals surface area contributed by atoms with Crippen LogP contribution in [0.15, 0.2) is 29.2 Å². The Morgan fingerprint density at radius 3 is 2.23 bits per heavy atom. The number of sulfonamides is 1. The molecule has 1 amide bonds. The monoisotopic (exact) mass is 394 g/mol. The van der Waals surface area contributed by atoms with Gasteiger partial charge in [0.25, 0.3) is 15.9 Å². The average molecular weight is 394 g/mol. The highest BCUT2D eigenvalue weighted by molar-refractivity contribution is 7.89. The van der Waals surface area contributed by atoms with E-state index in [1.54, 1.807) is 0 Å². The van der Waals surface area contributed by atoms with E-state index in [0.717, 1.165) is 30.1 Å². The fourth-order valence-corrected chi connectivity index (χ4v) is 4.41. The van der Waals surface area contributed by atoms with E-state index < -0.39 is 38.2 Å². The zero-order chi connectivity index (χ0) is 19.2. The number of hydrazine groups is 1. The molecule has 3 heterocycles. The number of carbonyl (C=O) groups is 1. The fraction of sp³-hybridized carbons (Fsp3) is 0.533. The fourth-order valence-electron chi connectivity index (χ4n) is 3.58. The molecule has 144 valence electrons. The zero-order valence-electron chi connectivity index (χ0n) is 13.6. The van der Waals surface area contributed by atoms with Crippen molar-refractivity contribution in [3.05, 3.63) is 29.8 Å². The largest absolute Gasteiger partial charge is 0.416 e. The first-order valence-corrected chi connectivity index (χ1v) is 9.56. The van der Waals surface area contributed by atoms with Crippen LogP contribution in [0.4, 0.5) is 13.2 Å². The number of fused-ring (bicyclic) bond motifs is 3. The Labute approximate surface area is 148 Å². The predicted molar refractivity (Wildman–Crippen MR) is 83.1 cm³/mol. The maximum absolute atomic E-state index is 12.5. The second-order valence-corrected chi connectivity index (χ2v) is 8.39. The van der Waals surface area contributed by atoms with Crippen molar-refractivity contribution in [1.82, 2.24) is 10.3 Å². The standard InChI is InChI=1S/C15H18F3N3O4S/c16-15(17,18)11-1-3-12(4-2-11)26(24,25)20-19-13(22)14(23)9-21-7-5-10(14)6-8-21/h1-4,10,20,23H,5-9H2,(H,19,22)/p+1/t14-/m0/s1. The van der Waals surface area contributed by atoms with Gasteiger partial charge in [-0.2, -0.15) is 13.2 Å². The summed E-state index contributed by atoms with van der Waals surface area (Å²) >= 11 is 0. The molecule has 26 heavy (non-hydrogen) atoms. The SMILES string of the molecule is O=C(NNS(=O)(=O)c1ccc(C(F)(F)F)cc1)[C@]1(O)C[NH+]2CCC1CC2. The molecule has 4 rings (SSSR count). The van der Waals surface area contributed by atoms with Crippen molar-refractivity contribution in [1.29, 1.82) is 0 Å². The Bertz CT molecular complexity index is 789. The number of alkyl halides is 3.